The molecule has 3 aliphatic rings. The third kappa shape index (κ3) is 3.95. The number of anilines is 2. The van der Waals surface area contributed by atoms with E-state index in [0.29, 0.717) is 16.9 Å². The highest BCUT2D eigenvalue weighted by Crippen LogP contribution is 2.55. The van der Waals surface area contributed by atoms with Gasteiger partial charge in [-0.3, -0.25) is 24.1 Å². The number of rotatable bonds is 6. The first-order valence-corrected chi connectivity index (χ1v) is 11.5. The van der Waals surface area contributed by atoms with Crippen molar-refractivity contribution in [3.05, 3.63) is 71.3 Å². The van der Waals surface area contributed by atoms with Gasteiger partial charge in [-0.25, -0.2) is 4.79 Å². The maximum atomic E-state index is 13.1. The molecule has 0 aromatic heterocycles. The first-order valence-electron chi connectivity index (χ1n) is 11.5. The van der Waals surface area contributed by atoms with Gasteiger partial charge in [-0.1, -0.05) is 23.8 Å². The molecule has 2 fully saturated rings. The summed E-state index contributed by atoms with van der Waals surface area (Å²) < 4.78 is 5.08. The number of esters is 1. The molecule has 0 spiro atoms. The third-order valence-electron chi connectivity index (χ3n) is 7.13. The van der Waals surface area contributed by atoms with Crippen LogP contribution in [0.15, 0.2) is 60.2 Å². The summed E-state index contributed by atoms with van der Waals surface area (Å²) in [6.45, 7) is 2.94. The molecular weight excluding hydrogens is 448 g/mol. The molecule has 2 aromatic carbocycles. The molecular formula is C27H24N2O6. The maximum Gasteiger partial charge on any atom is 0.338 e. The van der Waals surface area contributed by atoms with Gasteiger partial charge in [-0.05, 0) is 68.5 Å². The minimum Gasteiger partial charge on any atom is -0.452 e. The zero-order valence-corrected chi connectivity index (χ0v) is 19.3. The van der Waals surface area contributed by atoms with E-state index < -0.39 is 18.5 Å². The average Bonchev–Trinajstić information content (AvgIpc) is 3.48. The van der Waals surface area contributed by atoms with Crippen LogP contribution in [0.25, 0.3) is 0 Å². The number of ketones is 1. The van der Waals surface area contributed by atoms with Crippen molar-refractivity contribution in [1.29, 1.82) is 0 Å². The van der Waals surface area contributed by atoms with Gasteiger partial charge in [0, 0.05) is 11.3 Å². The second kappa shape index (κ2) is 8.61. The SMILES string of the molecule is CC(=O)c1cccc(NC(=O)COC(=O)c2ccc(N3C(=O)[C@H]4[C@H](C3=O)[C@H]3C=C(C)[C@H]4C3)cc2)c1. The number of allylic oxidation sites excluding steroid dienone is 2. The van der Waals surface area contributed by atoms with Crippen LogP contribution in [-0.4, -0.2) is 36.1 Å². The van der Waals surface area contributed by atoms with Gasteiger partial charge >= 0.3 is 5.97 Å². The van der Waals surface area contributed by atoms with E-state index >= 15 is 0 Å². The van der Waals surface area contributed by atoms with Crippen molar-refractivity contribution >= 4 is 40.8 Å². The zero-order valence-electron chi connectivity index (χ0n) is 19.3. The smallest absolute Gasteiger partial charge is 0.338 e. The van der Waals surface area contributed by atoms with E-state index in [9.17, 15) is 24.0 Å². The average molecular weight is 472 g/mol. The fourth-order valence-corrected chi connectivity index (χ4v) is 5.50. The quantitative estimate of drug-likeness (QED) is 0.299. The standard InChI is InChI=1S/C27H24N2O6/c1-14-10-18-12-21(14)24-23(18)25(32)29(26(24)33)20-8-6-16(7-9-20)27(34)35-13-22(31)28-19-5-3-4-17(11-19)15(2)30/h3-11,18,21,23-24H,12-13H2,1-2H3,(H,28,31)/t18-,21+,23+,24+/m0/s1. The van der Waals surface area contributed by atoms with Gasteiger partial charge in [0.1, 0.15) is 0 Å². The topological polar surface area (TPSA) is 110 Å². The van der Waals surface area contributed by atoms with Crippen molar-refractivity contribution in [3.8, 4) is 0 Å². The molecule has 5 rings (SSSR count). The largest absolute Gasteiger partial charge is 0.452 e. The lowest BCUT2D eigenvalue weighted by Gasteiger charge is -2.19. The zero-order chi connectivity index (χ0) is 24.9. The summed E-state index contributed by atoms with van der Waals surface area (Å²) >= 11 is 0. The second-order valence-corrected chi connectivity index (χ2v) is 9.29. The Morgan fingerprint density at radius 1 is 1.00 bits per heavy atom. The Morgan fingerprint density at radius 2 is 1.71 bits per heavy atom. The van der Waals surface area contributed by atoms with E-state index in [4.69, 9.17) is 4.74 Å². The molecule has 0 unspecified atom stereocenters. The Balaban J connectivity index is 1.20. The molecule has 1 saturated heterocycles. The maximum absolute atomic E-state index is 13.1. The predicted octanol–water partition coefficient (Wildman–Crippen LogP) is 3.39. The molecule has 8 nitrogen and oxygen atoms in total. The lowest BCUT2D eigenvalue weighted by molar-refractivity contribution is -0.123. The summed E-state index contributed by atoms with van der Waals surface area (Å²) in [7, 11) is 0. The molecule has 1 N–H and O–H groups in total. The number of nitrogens with one attached hydrogen (secondary N) is 1. The first-order chi connectivity index (χ1) is 16.7. The van der Waals surface area contributed by atoms with E-state index in [2.05, 4.69) is 11.4 Å². The van der Waals surface area contributed by atoms with Gasteiger partial charge in [-0.15, -0.1) is 0 Å². The molecule has 0 radical (unpaired) electrons. The molecule has 35 heavy (non-hydrogen) atoms. The number of imide groups is 1. The number of amides is 3. The molecule has 1 saturated carbocycles. The van der Waals surface area contributed by atoms with Crippen LogP contribution in [-0.2, 0) is 19.1 Å². The lowest BCUT2D eigenvalue weighted by atomic mass is 9.82. The van der Waals surface area contributed by atoms with Crippen molar-refractivity contribution in [2.75, 3.05) is 16.8 Å². The number of Topliss-reactive ketones (excluding diaryl/α,β-unsaturated/α-hetero) is 1. The molecule has 2 aromatic rings. The summed E-state index contributed by atoms with van der Waals surface area (Å²) in [5, 5.41) is 2.58. The van der Waals surface area contributed by atoms with Crippen molar-refractivity contribution in [1.82, 2.24) is 0 Å². The van der Waals surface area contributed by atoms with Gasteiger partial charge in [0.25, 0.3) is 5.91 Å². The number of carbonyl (C=O) groups is 5. The first kappa shape index (κ1) is 22.7. The van der Waals surface area contributed by atoms with Gasteiger partial charge in [-0.2, -0.15) is 0 Å². The Morgan fingerprint density at radius 3 is 2.43 bits per heavy atom. The summed E-state index contributed by atoms with van der Waals surface area (Å²) in [6.07, 6.45) is 2.99. The van der Waals surface area contributed by atoms with Crippen molar-refractivity contribution in [3.63, 3.8) is 0 Å². The Hall–Kier alpha value is -4.07. The third-order valence-corrected chi connectivity index (χ3v) is 7.13. The van der Waals surface area contributed by atoms with Crippen LogP contribution in [0.4, 0.5) is 11.4 Å². The van der Waals surface area contributed by atoms with Crippen molar-refractivity contribution < 1.29 is 28.7 Å². The minimum atomic E-state index is -0.710. The Bertz CT molecular complexity index is 1300. The number of nitrogens with zero attached hydrogens (tertiary/aromatic N) is 1. The molecule has 3 amide bonds. The molecule has 2 bridgehead atoms. The lowest BCUT2D eigenvalue weighted by Crippen LogP contribution is -2.33. The number of fused-ring (bicyclic) bond motifs is 5. The number of hydrogen-bond donors (Lipinski definition) is 1. The molecule has 2 aliphatic carbocycles. The van der Waals surface area contributed by atoms with Gasteiger partial charge in [0.2, 0.25) is 11.8 Å². The van der Waals surface area contributed by atoms with Gasteiger partial charge in [0.05, 0.1) is 23.1 Å². The van der Waals surface area contributed by atoms with E-state index in [1.165, 1.54) is 29.5 Å². The van der Waals surface area contributed by atoms with Crippen LogP contribution < -0.4 is 10.2 Å². The highest BCUT2D eigenvalue weighted by atomic mass is 16.5. The summed E-state index contributed by atoms with van der Waals surface area (Å²) in [4.78, 5) is 63.3. The number of hydrogen-bond acceptors (Lipinski definition) is 6. The number of ether oxygens (including phenoxy) is 1. The molecule has 1 heterocycles. The Kier molecular flexibility index (Phi) is 5.59. The predicted molar refractivity (Wildman–Crippen MR) is 127 cm³/mol. The van der Waals surface area contributed by atoms with E-state index in [1.807, 2.05) is 6.92 Å². The number of carbonyl (C=O) groups excluding carboxylic acids is 5. The summed E-state index contributed by atoms with van der Waals surface area (Å²) in [5.74, 6) is -2.08. The van der Waals surface area contributed by atoms with Crippen LogP contribution in [0.2, 0.25) is 0 Å². The normalized spacial score (nSPS) is 24.3. The van der Waals surface area contributed by atoms with Crippen LogP contribution in [0.5, 0.6) is 0 Å². The van der Waals surface area contributed by atoms with Gasteiger partial charge in [0.15, 0.2) is 12.4 Å². The number of benzene rings is 2. The highest BCUT2D eigenvalue weighted by molar-refractivity contribution is 6.23. The summed E-state index contributed by atoms with van der Waals surface area (Å²) in [5.41, 5.74) is 2.68. The van der Waals surface area contributed by atoms with Crippen molar-refractivity contribution in [2.45, 2.75) is 20.3 Å². The molecule has 8 heteroatoms. The fourth-order valence-electron chi connectivity index (χ4n) is 5.50. The Labute approximate surface area is 201 Å². The summed E-state index contributed by atoms with van der Waals surface area (Å²) in [6, 6.07) is 12.5. The van der Waals surface area contributed by atoms with Crippen molar-refractivity contribution in [2.24, 2.45) is 23.7 Å². The fraction of sp³-hybridized carbons (Fsp3) is 0.296. The van der Waals surface area contributed by atoms with E-state index in [-0.39, 0.29) is 46.8 Å². The van der Waals surface area contributed by atoms with Crippen LogP contribution in [0.1, 0.15) is 41.0 Å². The van der Waals surface area contributed by atoms with Crippen LogP contribution in [0, 0.1) is 23.7 Å². The minimum absolute atomic E-state index is 0.122. The molecule has 178 valence electrons. The second-order valence-electron chi connectivity index (χ2n) is 9.29. The van der Waals surface area contributed by atoms with Crippen LogP contribution in [0.3, 0.4) is 0 Å². The van der Waals surface area contributed by atoms with E-state index in [1.54, 1.807) is 36.4 Å². The van der Waals surface area contributed by atoms with Gasteiger partial charge < -0.3 is 10.1 Å². The van der Waals surface area contributed by atoms with Crippen LogP contribution >= 0.6 is 0 Å². The highest BCUT2D eigenvalue weighted by Gasteiger charge is 2.60. The molecule has 4 atom stereocenters. The monoisotopic (exact) mass is 472 g/mol. The molecule has 1 aliphatic heterocycles. The van der Waals surface area contributed by atoms with E-state index in [0.717, 1.165) is 6.42 Å².